The number of aromatic nitrogens is 2. The van der Waals surface area contributed by atoms with Gasteiger partial charge in [-0.05, 0) is 43.2 Å². The summed E-state index contributed by atoms with van der Waals surface area (Å²) in [5.41, 5.74) is 2.39. The average Bonchev–Trinajstić information content (AvgIpc) is 2.93. The second kappa shape index (κ2) is 8.06. The van der Waals surface area contributed by atoms with E-state index in [9.17, 15) is 14.0 Å². The van der Waals surface area contributed by atoms with Crippen molar-refractivity contribution in [2.24, 2.45) is 14.1 Å². The number of imidazole rings is 1. The fourth-order valence-electron chi connectivity index (χ4n) is 3.91. The maximum atomic E-state index is 13.5. The minimum atomic E-state index is -0.449. The van der Waals surface area contributed by atoms with Crippen molar-refractivity contribution in [2.45, 2.75) is 42.2 Å². The fourth-order valence-corrected chi connectivity index (χ4v) is 5.25. The minimum Gasteiger partial charge on any atom is -0.321 e. The van der Waals surface area contributed by atoms with Crippen LogP contribution in [0.4, 0.5) is 10.1 Å². The Hall–Kier alpha value is -2.54. The van der Waals surface area contributed by atoms with Crippen LogP contribution in [-0.4, -0.2) is 20.3 Å². The van der Waals surface area contributed by atoms with Gasteiger partial charge in [0.15, 0.2) is 0 Å². The Morgan fingerprint density at radius 1 is 1.07 bits per heavy atom. The number of benzene rings is 2. The van der Waals surface area contributed by atoms with Crippen molar-refractivity contribution in [1.29, 1.82) is 0 Å². The standard InChI is InChI=1S/C22H24FN3O2S/c1-25-18-12-17(24-21(27)14-7-6-8-15(23)11-14)20(13-19(18)26(2)22(25)28)29-16-9-4-3-5-10-16/h6-8,11-13,16H,3-5,9-10H2,1-2H3,(H,24,27). The largest absolute Gasteiger partial charge is 0.328 e. The molecule has 1 heterocycles. The molecule has 1 amide bonds. The predicted octanol–water partition coefficient (Wildman–Crippen LogP) is 4.69. The Kier molecular flexibility index (Phi) is 5.50. The Balaban J connectivity index is 1.74. The average molecular weight is 414 g/mol. The zero-order chi connectivity index (χ0) is 20.5. The molecule has 152 valence electrons. The molecule has 0 saturated heterocycles. The van der Waals surface area contributed by atoms with E-state index in [1.165, 1.54) is 37.5 Å². The van der Waals surface area contributed by atoms with Crippen LogP contribution in [0.25, 0.3) is 11.0 Å². The summed E-state index contributed by atoms with van der Waals surface area (Å²) in [5.74, 6) is -0.814. The quantitative estimate of drug-likeness (QED) is 0.675. The van der Waals surface area contributed by atoms with Crippen LogP contribution >= 0.6 is 11.8 Å². The fraction of sp³-hybridized carbons (Fsp3) is 0.364. The lowest BCUT2D eigenvalue weighted by molar-refractivity contribution is 0.102. The predicted molar refractivity (Wildman–Crippen MR) is 115 cm³/mol. The Morgan fingerprint density at radius 3 is 2.45 bits per heavy atom. The molecule has 1 aliphatic carbocycles. The van der Waals surface area contributed by atoms with Crippen molar-refractivity contribution in [3.63, 3.8) is 0 Å². The van der Waals surface area contributed by atoms with Gasteiger partial charge in [0.2, 0.25) is 0 Å². The highest BCUT2D eigenvalue weighted by atomic mass is 32.2. The van der Waals surface area contributed by atoms with Crippen molar-refractivity contribution in [3.8, 4) is 0 Å². The first-order chi connectivity index (χ1) is 13.9. The van der Waals surface area contributed by atoms with Gasteiger partial charge in [-0.25, -0.2) is 9.18 Å². The molecule has 0 atom stereocenters. The number of hydrogen-bond acceptors (Lipinski definition) is 3. The van der Waals surface area contributed by atoms with E-state index in [4.69, 9.17) is 0 Å². The lowest BCUT2D eigenvalue weighted by Gasteiger charge is -2.22. The summed E-state index contributed by atoms with van der Waals surface area (Å²) in [6, 6.07) is 9.47. The zero-order valence-corrected chi connectivity index (χ0v) is 17.4. The Labute approximate surface area is 172 Å². The molecule has 7 heteroatoms. The van der Waals surface area contributed by atoms with Crippen LogP contribution < -0.4 is 11.0 Å². The van der Waals surface area contributed by atoms with E-state index in [1.54, 1.807) is 41.1 Å². The number of thioether (sulfide) groups is 1. The summed E-state index contributed by atoms with van der Waals surface area (Å²) < 4.78 is 16.7. The molecular formula is C22H24FN3O2S. The van der Waals surface area contributed by atoms with Gasteiger partial charge in [0, 0.05) is 29.8 Å². The highest BCUT2D eigenvalue weighted by molar-refractivity contribution is 8.00. The van der Waals surface area contributed by atoms with Crippen molar-refractivity contribution >= 4 is 34.4 Å². The number of aryl methyl sites for hydroxylation is 2. The first kappa shape index (κ1) is 19.8. The van der Waals surface area contributed by atoms with Crippen molar-refractivity contribution < 1.29 is 9.18 Å². The third kappa shape index (κ3) is 3.96. The van der Waals surface area contributed by atoms with Crippen LogP contribution in [0, 0.1) is 5.82 Å². The topological polar surface area (TPSA) is 56.0 Å². The lowest BCUT2D eigenvalue weighted by Crippen LogP contribution is -2.19. The number of rotatable bonds is 4. The monoisotopic (exact) mass is 413 g/mol. The molecule has 1 N–H and O–H groups in total. The van der Waals surface area contributed by atoms with E-state index in [2.05, 4.69) is 5.32 Å². The molecule has 3 aromatic rings. The molecule has 0 radical (unpaired) electrons. The van der Waals surface area contributed by atoms with Crippen molar-refractivity contribution in [3.05, 3.63) is 58.3 Å². The van der Waals surface area contributed by atoms with Gasteiger partial charge in [-0.1, -0.05) is 25.3 Å². The molecule has 4 rings (SSSR count). The number of fused-ring (bicyclic) bond motifs is 1. The lowest BCUT2D eigenvalue weighted by atomic mass is 10.0. The molecule has 1 aromatic heterocycles. The van der Waals surface area contributed by atoms with Gasteiger partial charge >= 0.3 is 5.69 Å². The number of hydrogen-bond donors (Lipinski definition) is 1. The summed E-state index contributed by atoms with van der Waals surface area (Å²) in [6.07, 6.45) is 6.00. The van der Waals surface area contributed by atoms with Crippen LogP contribution in [0.1, 0.15) is 42.5 Å². The summed E-state index contributed by atoms with van der Waals surface area (Å²) in [4.78, 5) is 26.1. The van der Waals surface area contributed by atoms with Crippen LogP contribution in [0.3, 0.4) is 0 Å². The van der Waals surface area contributed by atoms with Crippen LogP contribution in [0.5, 0.6) is 0 Å². The van der Waals surface area contributed by atoms with Gasteiger partial charge in [0.05, 0.1) is 16.7 Å². The number of carbonyl (C=O) groups excluding carboxylic acids is 1. The summed E-state index contributed by atoms with van der Waals surface area (Å²) in [7, 11) is 3.47. The maximum Gasteiger partial charge on any atom is 0.328 e. The van der Waals surface area contributed by atoms with E-state index in [0.717, 1.165) is 28.8 Å². The molecule has 0 spiro atoms. The number of anilines is 1. The summed E-state index contributed by atoms with van der Waals surface area (Å²) in [5, 5.41) is 3.43. The number of nitrogens with one attached hydrogen (secondary N) is 1. The molecule has 1 saturated carbocycles. The van der Waals surface area contributed by atoms with E-state index in [1.807, 2.05) is 12.1 Å². The SMILES string of the molecule is Cn1c(=O)n(C)c2cc(SC3CCCCC3)c(NC(=O)c3cccc(F)c3)cc21. The van der Waals surface area contributed by atoms with Crippen LogP contribution in [0.15, 0.2) is 46.1 Å². The molecule has 5 nitrogen and oxygen atoms in total. The Morgan fingerprint density at radius 2 is 1.76 bits per heavy atom. The van der Waals surface area contributed by atoms with E-state index < -0.39 is 5.82 Å². The third-order valence-corrected chi connectivity index (χ3v) is 6.95. The van der Waals surface area contributed by atoms with Crippen molar-refractivity contribution in [2.75, 3.05) is 5.32 Å². The molecule has 0 bridgehead atoms. The van der Waals surface area contributed by atoms with Gasteiger partial charge in [0.1, 0.15) is 5.82 Å². The van der Waals surface area contributed by atoms with Crippen LogP contribution in [-0.2, 0) is 14.1 Å². The van der Waals surface area contributed by atoms with Gasteiger partial charge in [-0.3, -0.25) is 13.9 Å². The second-order valence-corrected chi connectivity index (χ2v) is 8.92. The van der Waals surface area contributed by atoms with Gasteiger partial charge in [-0.15, -0.1) is 11.8 Å². The maximum absolute atomic E-state index is 13.5. The number of halogens is 1. The highest BCUT2D eigenvalue weighted by Gasteiger charge is 2.20. The molecular weight excluding hydrogens is 389 g/mol. The third-order valence-electron chi connectivity index (χ3n) is 5.55. The van der Waals surface area contributed by atoms with E-state index in [-0.39, 0.29) is 17.2 Å². The second-order valence-electron chi connectivity index (χ2n) is 7.58. The molecule has 0 aliphatic heterocycles. The number of nitrogens with zero attached hydrogens (tertiary/aromatic N) is 2. The molecule has 0 unspecified atom stereocenters. The Bertz CT molecular complexity index is 1130. The molecule has 2 aromatic carbocycles. The first-order valence-corrected chi connectivity index (χ1v) is 10.7. The van der Waals surface area contributed by atoms with E-state index in [0.29, 0.717) is 10.9 Å². The molecule has 1 fully saturated rings. The molecule has 29 heavy (non-hydrogen) atoms. The zero-order valence-electron chi connectivity index (χ0n) is 16.6. The van der Waals surface area contributed by atoms with E-state index >= 15 is 0 Å². The molecule has 1 aliphatic rings. The number of carbonyl (C=O) groups is 1. The van der Waals surface area contributed by atoms with Crippen LogP contribution in [0.2, 0.25) is 0 Å². The normalized spacial score (nSPS) is 15.0. The first-order valence-electron chi connectivity index (χ1n) is 9.87. The van der Waals surface area contributed by atoms with Crippen molar-refractivity contribution in [1.82, 2.24) is 9.13 Å². The van der Waals surface area contributed by atoms with Gasteiger partial charge in [-0.2, -0.15) is 0 Å². The van der Waals surface area contributed by atoms with Gasteiger partial charge in [0.25, 0.3) is 5.91 Å². The smallest absolute Gasteiger partial charge is 0.321 e. The highest BCUT2D eigenvalue weighted by Crippen LogP contribution is 2.39. The minimum absolute atomic E-state index is 0.109. The summed E-state index contributed by atoms with van der Waals surface area (Å²) in [6.45, 7) is 0. The van der Waals surface area contributed by atoms with Gasteiger partial charge < -0.3 is 5.32 Å². The number of amides is 1. The summed E-state index contributed by atoms with van der Waals surface area (Å²) >= 11 is 1.76.